The van der Waals surface area contributed by atoms with Crippen LogP contribution in [0.25, 0.3) is 0 Å². The number of aliphatic imine (C=N–C) groups is 1. The standard InChI is InChI=1S/C20H31F3N4.HI/c1-3-24-19(25-11-8-16-9-12-27(4-2)13-10-16)26-15-17-6-5-7-18(14-17)20(21,22)23;/h5-7,14,16H,3-4,8-13,15H2,1-2H3,(H2,24,25,26);1H. The molecule has 0 radical (unpaired) electrons. The highest BCUT2D eigenvalue weighted by atomic mass is 127. The molecule has 1 aromatic carbocycles. The number of guanidine groups is 1. The number of rotatable bonds is 7. The van der Waals surface area contributed by atoms with E-state index in [4.69, 9.17) is 0 Å². The summed E-state index contributed by atoms with van der Waals surface area (Å²) in [5.74, 6) is 1.38. The average Bonchev–Trinajstić information content (AvgIpc) is 2.66. The van der Waals surface area contributed by atoms with E-state index in [1.807, 2.05) is 6.92 Å². The van der Waals surface area contributed by atoms with Crippen LogP contribution in [-0.2, 0) is 12.7 Å². The normalized spacial score (nSPS) is 16.5. The molecule has 1 aromatic rings. The van der Waals surface area contributed by atoms with Crippen LogP contribution >= 0.6 is 24.0 Å². The van der Waals surface area contributed by atoms with Crippen molar-refractivity contribution in [1.82, 2.24) is 15.5 Å². The molecule has 2 N–H and O–H groups in total. The van der Waals surface area contributed by atoms with Crippen molar-refractivity contribution in [1.29, 1.82) is 0 Å². The summed E-state index contributed by atoms with van der Waals surface area (Å²) in [5.41, 5.74) is -0.0828. The Bertz CT molecular complexity index is 599. The molecule has 0 spiro atoms. The zero-order valence-electron chi connectivity index (χ0n) is 16.7. The summed E-state index contributed by atoms with van der Waals surface area (Å²) >= 11 is 0. The highest BCUT2D eigenvalue weighted by Gasteiger charge is 2.30. The number of nitrogens with zero attached hydrogens (tertiary/aromatic N) is 2. The Morgan fingerprint density at radius 1 is 1.18 bits per heavy atom. The van der Waals surface area contributed by atoms with Gasteiger partial charge in [0.15, 0.2) is 5.96 Å². The first-order chi connectivity index (χ1) is 12.9. The van der Waals surface area contributed by atoms with Gasteiger partial charge in [0.2, 0.25) is 0 Å². The maximum absolute atomic E-state index is 12.8. The van der Waals surface area contributed by atoms with E-state index >= 15 is 0 Å². The molecule has 0 aromatic heterocycles. The monoisotopic (exact) mass is 512 g/mol. The molecule has 28 heavy (non-hydrogen) atoms. The summed E-state index contributed by atoms with van der Waals surface area (Å²) in [6, 6.07) is 5.34. The number of nitrogens with one attached hydrogen (secondary N) is 2. The van der Waals surface area contributed by atoms with E-state index in [-0.39, 0.29) is 30.5 Å². The molecule has 0 bridgehead atoms. The Labute approximate surface area is 183 Å². The number of piperidine rings is 1. The smallest absolute Gasteiger partial charge is 0.357 e. The Kier molecular flexibility index (Phi) is 11.2. The van der Waals surface area contributed by atoms with Gasteiger partial charge in [-0.2, -0.15) is 13.2 Å². The molecule has 0 amide bonds. The Morgan fingerprint density at radius 3 is 2.50 bits per heavy atom. The topological polar surface area (TPSA) is 39.7 Å². The van der Waals surface area contributed by atoms with Gasteiger partial charge >= 0.3 is 6.18 Å². The first kappa shape index (κ1) is 25.0. The number of alkyl halides is 3. The lowest BCUT2D eigenvalue weighted by molar-refractivity contribution is -0.137. The van der Waals surface area contributed by atoms with Crippen molar-refractivity contribution in [3.63, 3.8) is 0 Å². The molecule has 0 saturated carbocycles. The van der Waals surface area contributed by atoms with Crippen molar-refractivity contribution >= 4 is 29.9 Å². The second kappa shape index (κ2) is 12.5. The summed E-state index contributed by atoms with van der Waals surface area (Å²) in [5, 5.41) is 6.47. The molecule has 0 unspecified atom stereocenters. The van der Waals surface area contributed by atoms with E-state index < -0.39 is 11.7 Å². The van der Waals surface area contributed by atoms with Gasteiger partial charge in [0.1, 0.15) is 0 Å². The van der Waals surface area contributed by atoms with Crippen LogP contribution in [0.15, 0.2) is 29.3 Å². The van der Waals surface area contributed by atoms with E-state index in [0.29, 0.717) is 18.1 Å². The molecule has 2 rings (SSSR count). The molecule has 1 aliphatic rings. The molecule has 8 heteroatoms. The fourth-order valence-corrected chi connectivity index (χ4v) is 3.34. The summed E-state index contributed by atoms with van der Waals surface area (Å²) < 4.78 is 38.4. The summed E-state index contributed by atoms with van der Waals surface area (Å²) in [6.07, 6.45) is -0.776. The van der Waals surface area contributed by atoms with Crippen LogP contribution in [0.5, 0.6) is 0 Å². The highest BCUT2D eigenvalue weighted by molar-refractivity contribution is 14.0. The molecule has 1 heterocycles. The minimum atomic E-state index is -4.32. The summed E-state index contributed by atoms with van der Waals surface area (Å²) in [4.78, 5) is 6.91. The van der Waals surface area contributed by atoms with Gasteiger partial charge in [-0.05, 0) is 69.4 Å². The molecule has 1 saturated heterocycles. The van der Waals surface area contributed by atoms with E-state index in [9.17, 15) is 13.2 Å². The second-order valence-electron chi connectivity index (χ2n) is 6.99. The lowest BCUT2D eigenvalue weighted by atomic mass is 9.93. The van der Waals surface area contributed by atoms with Gasteiger partial charge in [-0.15, -0.1) is 24.0 Å². The predicted molar refractivity (Wildman–Crippen MR) is 119 cm³/mol. The van der Waals surface area contributed by atoms with Crippen LogP contribution in [0.2, 0.25) is 0 Å². The zero-order chi connectivity index (χ0) is 19.7. The third-order valence-electron chi connectivity index (χ3n) is 5.02. The zero-order valence-corrected chi connectivity index (χ0v) is 19.0. The van der Waals surface area contributed by atoms with E-state index in [1.165, 1.54) is 32.0 Å². The van der Waals surface area contributed by atoms with Gasteiger partial charge in [0.25, 0.3) is 0 Å². The number of halogens is 4. The number of hydrogen-bond donors (Lipinski definition) is 2. The summed E-state index contributed by atoms with van der Waals surface area (Å²) in [7, 11) is 0. The van der Waals surface area contributed by atoms with Gasteiger partial charge in [-0.1, -0.05) is 19.1 Å². The van der Waals surface area contributed by atoms with Crippen LogP contribution in [-0.4, -0.2) is 43.6 Å². The third kappa shape index (κ3) is 8.55. The minimum Gasteiger partial charge on any atom is -0.357 e. The lowest BCUT2D eigenvalue weighted by Crippen LogP contribution is -2.39. The number of likely N-dealkylation sites (tertiary alicyclic amines) is 1. The van der Waals surface area contributed by atoms with Crippen molar-refractivity contribution in [2.24, 2.45) is 10.9 Å². The van der Waals surface area contributed by atoms with Crippen molar-refractivity contribution in [3.05, 3.63) is 35.4 Å². The lowest BCUT2D eigenvalue weighted by Gasteiger charge is -2.31. The van der Waals surface area contributed by atoms with Crippen LogP contribution in [0, 0.1) is 5.92 Å². The molecule has 1 fully saturated rings. The molecular formula is C20H32F3IN4. The Balaban J connectivity index is 0.00000392. The van der Waals surface area contributed by atoms with Crippen LogP contribution in [0.3, 0.4) is 0 Å². The molecule has 1 aliphatic heterocycles. The van der Waals surface area contributed by atoms with Gasteiger partial charge in [0, 0.05) is 13.1 Å². The maximum Gasteiger partial charge on any atom is 0.416 e. The maximum atomic E-state index is 12.8. The van der Waals surface area contributed by atoms with E-state index in [2.05, 4.69) is 27.4 Å². The van der Waals surface area contributed by atoms with Gasteiger partial charge < -0.3 is 15.5 Å². The van der Waals surface area contributed by atoms with Crippen molar-refractivity contribution in [2.75, 3.05) is 32.7 Å². The van der Waals surface area contributed by atoms with Crippen LogP contribution < -0.4 is 10.6 Å². The van der Waals surface area contributed by atoms with Crippen molar-refractivity contribution < 1.29 is 13.2 Å². The van der Waals surface area contributed by atoms with Crippen LogP contribution in [0.4, 0.5) is 13.2 Å². The molecule has 0 aliphatic carbocycles. The first-order valence-corrected chi connectivity index (χ1v) is 9.83. The van der Waals surface area contributed by atoms with Gasteiger partial charge in [0.05, 0.1) is 12.1 Å². The highest BCUT2D eigenvalue weighted by Crippen LogP contribution is 2.29. The summed E-state index contributed by atoms with van der Waals surface area (Å²) in [6.45, 7) is 9.39. The SMILES string of the molecule is CCNC(=NCc1cccc(C(F)(F)F)c1)NCCC1CCN(CC)CC1.I. The largest absolute Gasteiger partial charge is 0.416 e. The third-order valence-corrected chi connectivity index (χ3v) is 5.02. The second-order valence-corrected chi connectivity index (χ2v) is 6.99. The fraction of sp³-hybridized carbons (Fsp3) is 0.650. The first-order valence-electron chi connectivity index (χ1n) is 9.83. The fourth-order valence-electron chi connectivity index (χ4n) is 3.34. The molecule has 4 nitrogen and oxygen atoms in total. The predicted octanol–water partition coefficient (Wildman–Crippen LogP) is 4.50. The quantitative estimate of drug-likeness (QED) is 0.321. The van der Waals surface area contributed by atoms with Crippen molar-refractivity contribution in [2.45, 2.75) is 45.8 Å². The number of hydrogen-bond acceptors (Lipinski definition) is 2. The average molecular weight is 512 g/mol. The Hall–Kier alpha value is -1.03. The van der Waals surface area contributed by atoms with Crippen LogP contribution in [0.1, 0.15) is 44.2 Å². The molecule has 0 atom stereocenters. The molecule has 160 valence electrons. The van der Waals surface area contributed by atoms with Gasteiger partial charge in [-0.25, -0.2) is 4.99 Å². The van der Waals surface area contributed by atoms with E-state index in [0.717, 1.165) is 37.6 Å². The Morgan fingerprint density at radius 2 is 1.89 bits per heavy atom. The molecular weight excluding hydrogens is 480 g/mol. The van der Waals surface area contributed by atoms with E-state index in [1.54, 1.807) is 6.07 Å². The number of benzene rings is 1. The minimum absolute atomic E-state index is 0. The van der Waals surface area contributed by atoms with Gasteiger partial charge in [-0.3, -0.25) is 0 Å². The van der Waals surface area contributed by atoms with Crippen molar-refractivity contribution in [3.8, 4) is 0 Å².